The van der Waals surface area contributed by atoms with Crippen molar-refractivity contribution >= 4 is 23.0 Å². The molecule has 1 aromatic heterocycles. The number of rotatable bonds is 1. The van der Waals surface area contributed by atoms with Crippen LogP contribution >= 0.6 is 0 Å². The van der Waals surface area contributed by atoms with Crippen molar-refractivity contribution in [3.8, 4) is 0 Å². The van der Waals surface area contributed by atoms with E-state index < -0.39 is 0 Å². The first-order valence-electron chi connectivity index (χ1n) is 7.67. The maximum Gasteiger partial charge on any atom is 0.228 e. The van der Waals surface area contributed by atoms with Crippen LogP contribution in [-0.2, 0) is 4.74 Å². The molecule has 4 heteroatoms. The van der Waals surface area contributed by atoms with Gasteiger partial charge in [0.05, 0.1) is 25.6 Å². The van der Waals surface area contributed by atoms with E-state index in [-0.39, 0.29) is 5.60 Å². The minimum atomic E-state index is -0.0500. The Morgan fingerprint density at radius 2 is 2.14 bits per heavy atom. The van der Waals surface area contributed by atoms with Gasteiger partial charge >= 0.3 is 0 Å². The van der Waals surface area contributed by atoms with Crippen molar-refractivity contribution in [1.82, 2.24) is 9.47 Å². The van der Waals surface area contributed by atoms with Crippen LogP contribution < -0.4 is 4.48 Å². The van der Waals surface area contributed by atoms with E-state index in [1.807, 2.05) is 6.20 Å². The van der Waals surface area contributed by atoms with E-state index in [1.54, 1.807) is 6.40 Å². The van der Waals surface area contributed by atoms with Crippen molar-refractivity contribution in [3.05, 3.63) is 36.5 Å². The summed E-state index contributed by atoms with van der Waals surface area (Å²) in [5.74, 6) is 1.82. The lowest BCUT2D eigenvalue weighted by Gasteiger charge is -2.35. The Kier molecular flexibility index (Phi) is 2.13. The van der Waals surface area contributed by atoms with Crippen molar-refractivity contribution in [2.45, 2.75) is 12.0 Å². The Morgan fingerprint density at radius 3 is 3.00 bits per heavy atom. The summed E-state index contributed by atoms with van der Waals surface area (Å²) in [6.07, 6.45) is 4.89. The molecule has 3 aliphatic heterocycles. The quantitative estimate of drug-likeness (QED) is 0.752. The summed E-state index contributed by atoms with van der Waals surface area (Å²) in [5.41, 5.74) is -0.0500. The molecule has 2 bridgehead atoms. The zero-order valence-electron chi connectivity index (χ0n) is 11.9. The van der Waals surface area contributed by atoms with Gasteiger partial charge in [0.1, 0.15) is 6.54 Å². The average Bonchev–Trinajstić information content (AvgIpc) is 3.23. The van der Waals surface area contributed by atoms with Crippen molar-refractivity contribution < 1.29 is 4.74 Å². The molecule has 2 saturated heterocycles. The molecule has 21 heavy (non-hydrogen) atoms. The molecule has 5 rings (SSSR count). The number of pyridine rings is 1. The number of hydrogen-bond acceptors (Lipinski definition) is 3. The first-order valence-corrected chi connectivity index (χ1v) is 7.67. The summed E-state index contributed by atoms with van der Waals surface area (Å²) in [4.78, 5) is 9.12. The van der Waals surface area contributed by atoms with Crippen LogP contribution in [0.3, 0.4) is 0 Å². The van der Waals surface area contributed by atoms with Crippen molar-refractivity contribution in [2.24, 2.45) is 10.9 Å². The Balaban J connectivity index is 1.59. The molecule has 2 aromatic rings. The first kappa shape index (κ1) is 11.7. The Labute approximate surface area is 123 Å². The van der Waals surface area contributed by atoms with Gasteiger partial charge in [0.25, 0.3) is 0 Å². The lowest BCUT2D eigenvalue weighted by Crippen LogP contribution is -2.54. The molecule has 0 N–H and O–H groups in total. The second-order valence-electron chi connectivity index (χ2n) is 6.71. The molecule has 3 aliphatic rings. The van der Waals surface area contributed by atoms with Crippen LogP contribution in [0.25, 0.3) is 10.8 Å². The van der Waals surface area contributed by atoms with Crippen molar-refractivity contribution in [1.29, 1.82) is 0 Å². The molecule has 3 atom stereocenters. The van der Waals surface area contributed by atoms with Crippen LogP contribution in [0, 0.1) is 5.92 Å². The summed E-state index contributed by atoms with van der Waals surface area (Å²) >= 11 is 0. The molecule has 0 amide bonds. The van der Waals surface area contributed by atoms with Gasteiger partial charge in [0.15, 0.2) is 12.0 Å². The molecule has 0 saturated carbocycles. The van der Waals surface area contributed by atoms with Gasteiger partial charge in [-0.05, 0) is 5.39 Å². The zero-order valence-corrected chi connectivity index (χ0v) is 11.9. The summed E-state index contributed by atoms with van der Waals surface area (Å²) in [5, 5.41) is 2.49. The number of aromatic nitrogens is 1. The molecule has 0 radical (unpaired) electrons. The van der Waals surface area contributed by atoms with Crippen LogP contribution in [0.5, 0.6) is 0 Å². The van der Waals surface area contributed by atoms with E-state index in [0.29, 0.717) is 5.92 Å². The minimum Gasteiger partial charge on any atom is -0.469 e. The molecule has 1 aromatic carbocycles. The third-order valence-electron chi connectivity index (χ3n) is 5.61. The van der Waals surface area contributed by atoms with E-state index in [1.165, 1.54) is 29.6 Å². The van der Waals surface area contributed by atoms with Gasteiger partial charge in [-0.25, -0.2) is 4.98 Å². The number of fused-ring (bicyclic) bond motifs is 4. The van der Waals surface area contributed by atoms with E-state index >= 15 is 0 Å². The van der Waals surface area contributed by atoms with Gasteiger partial charge in [-0.15, -0.1) is 0 Å². The second kappa shape index (κ2) is 3.83. The predicted molar refractivity (Wildman–Crippen MR) is 83.4 cm³/mol. The van der Waals surface area contributed by atoms with Crippen molar-refractivity contribution in [3.63, 3.8) is 0 Å². The van der Waals surface area contributed by atoms with Gasteiger partial charge in [-0.2, -0.15) is 0 Å². The largest absolute Gasteiger partial charge is 0.469 e. The fourth-order valence-electron chi connectivity index (χ4n) is 4.53. The molecule has 1 spiro atoms. The predicted octanol–water partition coefficient (Wildman–Crippen LogP) is 2.37. The standard InChI is InChI=1S/C17H18N3O/c1-2-4-14-8-19-16(7-13(14)3-1)20-6-5-15(9-20)17(11-20)10-18-12-21-17/h1-4,7-8,12,15H,5-6,9-11H2/q+1/t15-,17+,20?/m0/s1. The van der Waals surface area contributed by atoms with Gasteiger partial charge < -0.3 is 4.74 Å². The maximum absolute atomic E-state index is 5.93. The molecule has 2 fully saturated rings. The van der Waals surface area contributed by atoms with Gasteiger partial charge in [-0.3, -0.25) is 9.48 Å². The minimum absolute atomic E-state index is 0.0500. The number of benzene rings is 1. The Morgan fingerprint density at radius 1 is 1.24 bits per heavy atom. The topological polar surface area (TPSA) is 34.5 Å². The SMILES string of the molecule is C1=NC[C@]2(C[N+]3(c4cc5ccccc5cn4)CC[C@H]2C3)O1. The van der Waals surface area contributed by atoms with Crippen LogP contribution in [0.15, 0.2) is 41.5 Å². The lowest BCUT2D eigenvalue weighted by molar-refractivity contribution is 0.0422. The molecule has 1 unspecified atom stereocenters. The molecular weight excluding hydrogens is 262 g/mol. The van der Waals surface area contributed by atoms with Crippen LogP contribution in [0.2, 0.25) is 0 Å². The Hall–Kier alpha value is -1.94. The highest BCUT2D eigenvalue weighted by atomic mass is 16.5. The third-order valence-corrected chi connectivity index (χ3v) is 5.61. The zero-order chi connectivity index (χ0) is 13.9. The van der Waals surface area contributed by atoms with Gasteiger partial charge in [-0.1, -0.05) is 24.3 Å². The second-order valence-corrected chi connectivity index (χ2v) is 6.71. The number of aliphatic imine (C=N–C) groups is 1. The highest BCUT2D eigenvalue weighted by Gasteiger charge is 2.64. The fraction of sp³-hybridized carbons (Fsp3) is 0.412. The van der Waals surface area contributed by atoms with Crippen molar-refractivity contribution in [2.75, 3.05) is 26.2 Å². The van der Waals surface area contributed by atoms with Gasteiger partial charge in [0.2, 0.25) is 5.82 Å². The summed E-state index contributed by atoms with van der Waals surface area (Å²) in [6.45, 7) is 4.17. The monoisotopic (exact) mass is 280 g/mol. The molecule has 4 nitrogen and oxygen atoms in total. The third kappa shape index (κ3) is 1.48. The van der Waals surface area contributed by atoms with Crippen LogP contribution in [0.4, 0.5) is 5.82 Å². The van der Waals surface area contributed by atoms with E-state index in [4.69, 9.17) is 9.72 Å². The average molecular weight is 280 g/mol. The van der Waals surface area contributed by atoms with Crippen LogP contribution in [-0.4, -0.2) is 43.2 Å². The van der Waals surface area contributed by atoms with Crippen LogP contribution in [0.1, 0.15) is 6.42 Å². The number of quaternary nitrogens is 1. The Bertz CT molecular complexity index is 749. The lowest BCUT2D eigenvalue weighted by atomic mass is 9.87. The smallest absolute Gasteiger partial charge is 0.228 e. The normalized spacial score (nSPS) is 36.7. The maximum atomic E-state index is 5.93. The number of nitrogens with zero attached hydrogens (tertiary/aromatic N) is 3. The number of piperidine rings is 1. The first-order chi connectivity index (χ1) is 10.3. The van der Waals surface area contributed by atoms with Gasteiger partial charge in [0, 0.05) is 24.1 Å². The summed E-state index contributed by atoms with van der Waals surface area (Å²) in [7, 11) is 0. The summed E-state index contributed by atoms with van der Waals surface area (Å²) in [6, 6.07) is 10.7. The van der Waals surface area contributed by atoms with E-state index in [2.05, 4.69) is 35.3 Å². The molecular formula is C17H18N3O+. The highest BCUT2D eigenvalue weighted by Crippen LogP contribution is 2.48. The van der Waals surface area contributed by atoms with E-state index in [9.17, 15) is 0 Å². The molecule has 4 heterocycles. The molecule has 0 aliphatic carbocycles. The summed E-state index contributed by atoms with van der Waals surface area (Å²) < 4.78 is 6.91. The fourth-order valence-corrected chi connectivity index (χ4v) is 4.53. The van der Waals surface area contributed by atoms with E-state index in [0.717, 1.165) is 24.1 Å². The number of ether oxygens (including phenoxy) is 1. The molecule has 106 valence electrons. The highest BCUT2D eigenvalue weighted by molar-refractivity contribution is 5.83. The number of hydrogen-bond donors (Lipinski definition) is 0.